The van der Waals surface area contributed by atoms with Gasteiger partial charge in [0.2, 0.25) is 5.91 Å². The number of rotatable bonds is 9. The number of aromatic nitrogens is 3. The van der Waals surface area contributed by atoms with Crippen LogP contribution in [-0.2, 0) is 22.6 Å². The van der Waals surface area contributed by atoms with E-state index in [1.807, 2.05) is 57.3 Å². The molecule has 6 nitrogen and oxygen atoms in total. The Labute approximate surface area is 167 Å². The van der Waals surface area contributed by atoms with E-state index in [-0.39, 0.29) is 5.91 Å². The van der Waals surface area contributed by atoms with Crippen molar-refractivity contribution >= 4 is 29.5 Å². The molecule has 2 aromatic heterocycles. The van der Waals surface area contributed by atoms with E-state index in [2.05, 4.69) is 10.2 Å². The van der Waals surface area contributed by atoms with Crippen LogP contribution >= 0.6 is 23.6 Å². The number of methoxy groups -OCH3 is 1. The lowest BCUT2D eigenvalue weighted by Crippen LogP contribution is -2.34. The van der Waals surface area contributed by atoms with Gasteiger partial charge in [-0.2, -0.15) is 5.10 Å². The van der Waals surface area contributed by atoms with E-state index in [0.29, 0.717) is 37.4 Å². The molecular weight excluding hydrogens is 380 g/mol. The van der Waals surface area contributed by atoms with Crippen molar-refractivity contribution in [2.75, 3.05) is 20.3 Å². The van der Waals surface area contributed by atoms with Crippen molar-refractivity contribution in [3.8, 4) is 10.7 Å². The van der Waals surface area contributed by atoms with Gasteiger partial charge in [-0.25, -0.2) is 0 Å². The fourth-order valence-electron chi connectivity index (χ4n) is 2.78. The fourth-order valence-corrected chi connectivity index (χ4v) is 3.73. The number of nitrogens with zero attached hydrogens (tertiary/aromatic N) is 3. The van der Waals surface area contributed by atoms with Crippen LogP contribution in [-0.4, -0.2) is 45.8 Å². The topological polar surface area (TPSA) is 63.1 Å². The monoisotopic (exact) mass is 402 g/mol. The van der Waals surface area contributed by atoms with E-state index < -0.39 is 0 Å². The smallest absolute Gasteiger partial charge is 0.224 e. The number of benzene rings is 1. The highest BCUT2D eigenvalue weighted by Gasteiger charge is 2.16. The molecule has 0 aliphatic heterocycles. The zero-order chi connectivity index (χ0) is 19.1. The van der Waals surface area contributed by atoms with Crippen LogP contribution in [0.2, 0.25) is 0 Å². The molecule has 8 heteroatoms. The third-order valence-corrected chi connectivity index (χ3v) is 5.36. The summed E-state index contributed by atoms with van der Waals surface area (Å²) in [4.78, 5) is 15.7. The van der Waals surface area contributed by atoms with Crippen LogP contribution in [0.15, 0.2) is 47.8 Å². The number of carbonyl (C=O) groups is 1. The molecule has 1 N–H and O–H groups in total. The summed E-state index contributed by atoms with van der Waals surface area (Å²) >= 11 is 6.94. The summed E-state index contributed by atoms with van der Waals surface area (Å²) in [6.07, 6.45) is 0.350. The number of hydrogen-bond acceptors (Lipinski definition) is 5. The minimum Gasteiger partial charge on any atom is -0.383 e. The van der Waals surface area contributed by atoms with Gasteiger partial charge in [0.15, 0.2) is 10.6 Å². The molecule has 0 atom stereocenters. The van der Waals surface area contributed by atoms with Crippen LogP contribution in [0.25, 0.3) is 10.7 Å². The molecule has 0 unspecified atom stereocenters. The molecule has 0 fully saturated rings. The Morgan fingerprint density at radius 3 is 2.81 bits per heavy atom. The van der Waals surface area contributed by atoms with Crippen molar-refractivity contribution < 1.29 is 9.53 Å². The maximum atomic E-state index is 12.9. The Balaban J connectivity index is 1.69. The lowest BCUT2D eigenvalue weighted by molar-refractivity contribution is -0.132. The van der Waals surface area contributed by atoms with Gasteiger partial charge in [0, 0.05) is 33.2 Å². The maximum absolute atomic E-state index is 12.9. The van der Waals surface area contributed by atoms with Gasteiger partial charge in [-0.15, -0.1) is 11.3 Å². The lowest BCUT2D eigenvalue weighted by Gasteiger charge is -2.23. The largest absolute Gasteiger partial charge is 0.383 e. The van der Waals surface area contributed by atoms with Crippen LogP contribution in [0.5, 0.6) is 0 Å². The summed E-state index contributed by atoms with van der Waals surface area (Å²) in [6.45, 7) is 2.11. The molecule has 0 bridgehead atoms. The Hall–Kier alpha value is -2.29. The van der Waals surface area contributed by atoms with E-state index in [1.165, 1.54) is 0 Å². The first-order valence-electron chi connectivity index (χ1n) is 8.68. The second-order valence-corrected chi connectivity index (χ2v) is 7.36. The SMILES string of the molecule is COCCN(Cc1ccccc1)C(=O)CCn1c(-c2cccs2)n[nH]c1=S. The Kier molecular flexibility index (Phi) is 6.92. The standard InChI is InChI=1S/C19H22N4O2S2/c1-25-12-11-22(14-15-6-3-2-4-7-15)17(24)9-10-23-18(20-21-19(23)26)16-8-5-13-27-16/h2-8,13H,9-12,14H2,1H3,(H,21,26). The number of carbonyl (C=O) groups excluding carboxylic acids is 1. The second kappa shape index (κ2) is 9.59. The van der Waals surface area contributed by atoms with Crippen LogP contribution < -0.4 is 0 Å². The van der Waals surface area contributed by atoms with Crippen molar-refractivity contribution in [3.63, 3.8) is 0 Å². The van der Waals surface area contributed by atoms with E-state index in [1.54, 1.807) is 18.4 Å². The first-order chi connectivity index (χ1) is 13.2. The molecule has 3 rings (SSSR count). The van der Waals surface area contributed by atoms with Crippen LogP contribution in [0.4, 0.5) is 0 Å². The molecule has 142 valence electrons. The van der Waals surface area contributed by atoms with E-state index in [0.717, 1.165) is 16.3 Å². The summed E-state index contributed by atoms with van der Waals surface area (Å²) in [5.41, 5.74) is 1.10. The Bertz CT molecular complexity index is 903. The predicted molar refractivity (Wildman–Crippen MR) is 109 cm³/mol. The Morgan fingerprint density at radius 2 is 2.11 bits per heavy atom. The van der Waals surface area contributed by atoms with Crippen molar-refractivity contribution in [3.05, 3.63) is 58.2 Å². The van der Waals surface area contributed by atoms with Gasteiger partial charge in [0.05, 0.1) is 11.5 Å². The molecule has 1 aromatic carbocycles. The van der Waals surface area contributed by atoms with Gasteiger partial charge in [0.25, 0.3) is 0 Å². The summed E-state index contributed by atoms with van der Waals surface area (Å²) in [5.74, 6) is 0.838. The molecule has 0 saturated heterocycles. The van der Waals surface area contributed by atoms with Gasteiger partial charge in [-0.3, -0.25) is 14.5 Å². The molecule has 3 aromatic rings. The predicted octanol–water partition coefficient (Wildman–Crippen LogP) is 3.73. The third kappa shape index (κ3) is 5.12. The van der Waals surface area contributed by atoms with Crippen molar-refractivity contribution in [2.45, 2.75) is 19.5 Å². The van der Waals surface area contributed by atoms with Crippen molar-refractivity contribution in [1.29, 1.82) is 0 Å². The zero-order valence-corrected chi connectivity index (χ0v) is 16.8. The third-order valence-electron chi connectivity index (χ3n) is 4.18. The summed E-state index contributed by atoms with van der Waals surface area (Å²) in [7, 11) is 1.64. The van der Waals surface area contributed by atoms with Crippen molar-refractivity contribution in [1.82, 2.24) is 19.7 Å². The maximum Gasteiger partial charge on any atom is 0.224 e. The molecular formula is C19H22N4O2S2. The highest BCUT2D eigenvalue weighted by atomic mass is 32.1. The number of nitrogens with one attached hydrogen (secondary N) is 1. The molecule has 0 saturated carbocycles. The number of aromatic amines is 1. The molecule has 0 spiro atoms. The van der Waals surface area contributed by atoms with Crippen LogP contribution in [0, 0.1) is 4.77 Å². The summed E-state index contributed by atoms with van der Waals surface area (Å²) in [5, 5.41) is 9.13. The van der Waals surface area contributed by atoms with Crippen LogP contribution in [0.1, 0.15) is 12.0 Å². The minimum absolute atomic E-state index is 0.0659. The normalized spacial score (nSPS) is 10.9. The highest BCUT2D eigenvalue weighted by molar-refractivity contribution is 7.71. The number of amides is 1. The van der Waals surface area contributed by atoms with E-state index in [9.17, 15) is 4.79 Å². The second-order valence-electron chi connectivity index (χ2n) is 6.02. The van der Waals surface area contributed by atoms with Gasteiger partial charge < -0.3 is 9.64 Å². The zero-order valence-electron chi connectivity index (χ0n) is 15.1. The molecule has 0 aliphatic carbocycles. The first kappa shape index (κ1) is 19.5. The van der Waals surface area contributed by atoms with Gasteiger partial charge >= 0.3 is 0 Å². The average molecular weight is 403 g/mol. The van der Waals surface area contributed by atoms with Crippen molar-refractivity contribution in [2.24, 2.45) is 0 Å². The molecule has 1 amide bonds. The fraction of sp³-hybridized carbons (Fsp3) is 0.316. The van der Waals surface area contributed by atoms with Gasteiger partial charge in [-0.05, 0) is 29.2 Å². The Morgan fingerprint density at radius 1 is 1.30 bits per heavy atom. The first-order valence-corrected chi connectivity index (χ1v) is 9.97. The number of H-pyrrole nitrogens is 1. The van der Waals surface area contributed by atoms with Gasteiger partial charge in [0.1, 0.15) is 0 Å². The number of ether oxygens (including phenoxy) is 1. The van der Waals surface area contributed by atoms with E-state index >= 15 is 0 Å². The number of hydrogen-bond donors (Lipinski definition) is 1. The van der Waals surface area contributed by atoms with E-state index in [4.69, 9.17) is 17.0 Å². The number of thiophene rings is 1. The summed E-state index contributed by atoms with van der Waals surface area (Å²) in [6, 6.07) is 13.9. The highest BCUT2D eigenvalue weighted by Crippen LogP contribution is 2.23. The molecule has 0 radical (unpaired) electrons. The quantitative estimate of drug-likeness (QED) is 0.554. The molecule has 0 aliphatic rings. The van der Waals surface area contributed by atoms with Gasteiger partial charge in [-0.1, -0.05) is 36.4 Å². The average Bonchev–Trinajstić information content (AvgIpc) is 3.33. The minimum atomic E-state index is 0.0659. The van der Waals surface area contributed by atoms with Crippen LogP contribution in [0.3, 0.4) is 0 Å². The lowest BCUT2D eigenvalue weighted by atomic mass is 10.2. The molecule has 27 heavy (non-hydrogen) atoms. The summed E-state index contributed by atoms with van der Waals surface area (Å²) < 4.78 is 7.58. The molecule has 2 heterocycles.